The van der Waals surface area contributed by atoms with E-state index >= 15 is 0 Å². The van der Waals surface area contributed by atoms with Crippen LogP contribution in [0, 0.1) is 0 Å². The van der Waals surface area contributed by atoms with Gasteiger partial charge in [-0.25, -0.2) is 0 Å². The van der Waals surface area contributed by atoms with Crippen molar-refractivity contribution in [1.29, 1.82) is 0 Å². The summed E-state index contributed by atoms with van der Waals surface area (Å²) >= 11 is 0. The minimum absolute atomic E-state index is 0.358. The van der Waals surface area contributed by atoms with Crippen LogP contribution in [0.3, 0.4) is 0 Å². The van der Waals surface area contributed by atoms with Crippen LogP contribution in [0.15, 0.2) is 52.9 Å². The number of hydrogen-bond donors (Lipinski definition) is 0. The lowest BCUT2D eigenvalue weighted by atomic mass is 9.79. The van der Waals surface area contributed by atoms with Crippen molar-refractivity contribution in [3.8, 4) is 22.9 Å². The molecule has 0 amide bonds. The number of hydrogen-bond acceptors (Lipinski definition) is 5. The minimum atomic E-state index is -0.383. The van der Waals surface area contributed by atoms with Gasteiger partial charge in [0.2, 0.25) is 11.8 Å². The Hall–Kier alpha value is -2.44. The molecule has 0 atom stereocenters. The van der Waals surface area contributed by atoms with Gasteiger partial charge < -0.3 is 13.7 Å². The Morgan fingerprint density at radius 2 is 1.17 bits per heavy atom. The fourth-order valence-electron chi connectivity index (χ4n) is 3.23. The first-order valence-corrected chi connectivity index (χ1v) is 10.1. The topological polar surface area (TPSA) is 57.4 Å². The van der Waals surface area contributed by atoms with Crippen LogP contribution in [-0.2, 0) is 9.31 Å². The van der Waals surface area contributed by atoms with Gasteiger partial charge in [-0.15, -0.1) is 10.2 Å². The van der Waals surface area contributed by atoms with Gasteiger partial charge in [0.05, 0.1) is 11.2 Å². The molecule has 0 spiro atoms. The van der Waals surface area contributed by atoms with Crippen molar-refractivity contribution in [3.63, 3.8) is 0 Å². The summed E-state index contributed by atoms with van der Waals surface area (Å²) in [6, 6.07) is 16.1. The average Bonchev–Trinajstić information content (AvgIpc) is 3.25. The molecule has 2 aromatic carbocycles. The molecule has 0 radical (unpaired) electrons. The molecule has 1 aromatic heterocycles. The van der Waals surface area contributed by atoms with E-state index in [1.165, 1.54) is 5.56 Å². The Bertz CT molecular complexity index is 976. The molecule has 0 N–H and O–H groups in total. The molecule has 6 heteroatoms. The van der Waals surface area contributed by atoms with E-state index in [1.807, 2.05) is 36.4 Å². The normalized spacial score (nSPS) is 17.8. The first-order chi connectivity index (χ1) is 13.7. The third-order valence-electron chi connectivity index (χ3n) is 5.93. The number of nitrogens with zero attached hydrogens (tertiary/aromatic N) is 2. The quantitative estimate of drug-likeness (QED) is 0.598. The Kier molecular flexibility index (Phi) is 4.87. The van der Waals surface area contributed by atoms with Crippen molar-refractivity contribution in [2.45, 2.75) is 58.7 Å². The monoisotopic (exact) mass is 390 g/mol. The van der Waals surface area contributed by atoms with Crippen molar-refractivity contribution in [2.24, 2.45) is 0 Å². The van der Waals surface area contributed by atoms with E-state index in [-0.39, 0.29) is 18.3 Å². The molecule has 0 bridgehead atoms. The Balaban J connectivity index is 1.52. The second-order valence-electron chi connectivity index (χ2n) is 8.90. The maximum Gasteiger partial charge on any atom is 0.494 e. The standard InChI is InChI=1S/C23H27BN2O3/c1-15(2)16-7-9-17(10-8-16)20-25-26-21(27-20)18-11-13-19(14-12-18)24-28-22(3,4)23(5,6)29-24/h7-15H,1-6H3. The van der Waals surface area contributed by atoms with E-state index < -0.39 is 0 Å². The molecule has 3 aromatic rings. The van der Waals surface area contributed by atoms with Crippen LogP contribution in [0.2, 0.25) is 0 Å². The van der Waals surface area contributed by atoms with E-state index in [0.717, 1.165) is 16.6 Å². The van der Waals surface area contributed by atoms with E-state index in [2.05, 4.69) is 63.9 Å². The minimum Gasteiger partial charge on any atom is -0.416 e. The van der Waals surface area contributed by atoms with E-state index in [0.29, 0.717) is 17.7 Å². The lowest BCUT2D eigenvalue weighted by molar-refractivity contribution is 0.00578. The third kappa shape index (κ3) is 3.75. The summed E-state index contributed by atoms with van der Waals surface area (Å²) in [5.41, 5.74) is 3.32. The summed E-state index contributed by atoms with van der Waals surface area (Å²) in [5, 5.41) is 8.42. The van der Waals surface area contributed by atoms with Gasteiger partial charge in [-0.1, -0.05) is 38.1 Å². The largest absolute Gasteiger partial charge is 0.494 e. The molecule has 1 aliphatic rings. The van der Waals surface area contributed by atoms with Gasteiger partial charge in [0.15, 0.2) is 0 Å². The number of aromatic nitrogens is 2. The molecule has 150 valence electrons. The molecular weight excluding hydrogens is 363 g/mol. The highest BCUT2D eigenvalue weighted by Crippen LogP contribution is 2.36. The highest BCUT2D eigenvalue weighted by atomic mass is 16.7. The molecule has 29 heavy (non-hydrogen) atoms. The smallest absolute Gasteiger partial charge is 0.416 e. The zero-order chi connectivity index (χ0) is 20.8. The van der Waals surface area contributed by atoms with Crippen molar-refractivity contribution < 1.29 is 13.7 Å². The molecule has 0 aliphatic carbocycles. The maximum atomic E-state index is 6.11. The van der Waals surface area contributed by atoms with Crippen molar-refractivity contribution in [3.05, 3.63) is 54.1 Å². The van der Waals surface area contributed by atoms with Crippen LogP contribution in [0.25, 0.3) is 22.9 Å². The van der Waals surface area contributed by atoms with Crippen molar-refractivity contribution in [1.82, 2.24) is 10.2 Å². The molecule has 0 saturated carbocycles. The van der Waals surface area contributed by atoms with Crippen LogP contribution in [0.5, 0.6) is 0 Å². The Morgan fingerprint density at radius 3 is 1.62 bits per heavy atom. The van der Waals surface area contributed by atoms with E-state index in [4.69, 9.17) is 13.7 Å². The highest BCUT2D eigenvalue weighted by Gasteiger charge is 2.51. The fourth-order valence-corrected chi connectivity index (χ4v) is 3.23. The maximum absolute atomic E-state index is 6.11. The summed E-state index contributed by atoms with van der Waals surface area (Å²) in [6.45, 7) is 12.5. The van der Waals surface area contributed by atoms with Crippen LogP contribution in [-0.4, -0.2) is 28.5 Å². The molecule has 4 rings (SSSR count). The lowest BCUT2D eigenvalue weighted by Gasteiger charge is -2.32. The van der Waals surface area contributed by atoms with Crippen molar-refractivity contribution in [2.75, 3.05) is 0 Å². The number of benzene rings is 2. The molecular formula is C23H27BN2O3. The van der Waals surface area contributed by atoms with Gasteiger partial charge in [0.1, 0.15) is 0 Å². The van der Waals surface area contributed by atoms with Crippen LogP contribution in [0.1, 0.15) is 53.0 Å². The Labute approximate surface area is 172 Å². The first-order valence-electron chi connectivity index (χ1n) is 10.1. The van der Waals surface area contributed by atoms with Crippen LogP contribution < -0.4 is 5.46 Å². The van der Waals surface area contributed by atoms with Crippen molar-refractivity contribution >= 4 is 12.6 Å². The lowest BCUT2D eigenvalue weighted by Crippen LogP contribution is -2.41. The predicted octanol–water partition coefficient (Wildman–Crippen LogP) is 4.83. The highest BCUT2D eigenvalue weighted by molar-refractivity contribution is 6.62. The first kappa shape index (κ1) is 19.9. The van der Waals surface area contributed by atoms with Crippen LogP contribution in [0.4, 0.5) is 0 Å². The van der Waals surface area contributed by atoms with Crippen LogP contribution >= 0.6 is 0 Å². The summed E-state index contributed by atoms with van der Waals surface area (Å²) in [7, 11) is -0.383. The summed E-state index contributed by atoms with van der Waals surface area (Å²) < 4.78 is 18.1. The van der Waals surface area contributed by atoms with Gasteiger partial charge >= 0.3 is 7.12 Å². The average molecular weight is 390 g/mol. The summed E-state index contributed by atoms with van der Waals surface area (Å²) in [4.78, 5) is 0. The second kappa shape index (κ2) is 7.11. The Morgan fingerprint density at radius 1 is 0.724 bits per heavy atom. The molecule has 5 nitrogen and oxygen atoms in total. The summed E-state index contributed by atoms with van der Waals surface area (Å²) in [6.07, 6.45) is 0. The van der Waals surface area contributed by atoms with Gasteiger partial charge in [-0.2, -0.15) is 0 Å². The van der Waals surface area contributed by atoms with E-state index in [9.17, 15) is 0 Å². The molecule has 1 saturated heterocycles. The second-order valence-corrected chi connectivity index (χ2v) is 8.90. The molecule has 2 heterocycles. The number of rotatable bonds is 4. The van der Waals surface area contributed by atoms with E-state index in [1.54, 1.807) is 0 Å². The predicted molar refractivity (Wildman–Crippen MR) is 115 cm³/mol. The van der Waals surface area contributed by atoms with Gasteiger partial charge in [-0.3, -0.25) is 0 Å². The zero-order valence-corrected chi connectivity index (χ0v) is 17.9. The molecule has 1 fully saturated rings. The summed E-state index contributed by atoms with van der Waals surface area (Å²) in [5.74, 6) is 1.50. The van der Waals surface area contributed by atoms with Gasteiger partial charge in [0, 0.05) is 11.1 Å². The SMILES string of the molecule is CC(C)c1ccc(-c2nnc(-c3ccc(B4OC(C)(C)C(C)(C)O4)cc3)o2)cc1. The molecule has 0 unspecified atom stereocenters. The van der Waals surface area contributed by atoms with Gasteiger partial charge in [0.25, 0.3) is 0 Å². The molecule has 1 aliphatic heterocycles. The fraction of sp³-hybridized carbons (Fsp3) is 0.391. The van der Waals surface area contributed by atoms with Gasteiger partial charge in [-0.05, 0) is 68.9 Å². The zero-order valence-electron chi connectivity index (χ0n) is 17.9. The third-order valence-corrected chi connectivity index (χ3v) is 5.93.